The van der Waals surface area contributed by atoms with Crippen LogP contribution in [0, 0.1) is 0 Å². The summed E-state index contributed by atoms with van der Waals surface area (Å²) < 4.78 is 1.58. The average molecular weight is 372 g/mol. The maximum atomic E-state index is 12.6. The summed E-state index contributed by atoms with van der Waals surface area (Å²) in [7, 11) is 1.99. The van der Waals surface area contributed by atoms with E-state index < -0.39 is 0 Å². The molecule has 3 rings (SSSR count). The molecule has 0 fully saturated rings. The molecule has 6 nitrogen and oxygen atoms in total. The molecule has 0 amide bonds. The van der Waals surface area contributed by atoms with Crippen LogP contribution in [-0.4, -0.2) is 33.3 Å². The van der Waals surface area contributed by atoms with Crippen LogP contribution in [0.5, 0.6) is 0 Å². The molecular formula is C19H24N4O2S. The molecule has 1 N–H and O–H groups in total. The minimum absolute atomic E-state index is 0.0104. The highest BCUT2D eigenvalue weighted by atomic mass is 32.2. The number of aromatic amines is 1. The molecule has 7 heteroatoms. The molecule has 0 saturated heterocycles. The Morgan fingerprint density at radius 1 is 1.35 bits per heavy atom. The highest BCUT2D eigenvalue weighted by molar-refractivity contribution is 7.99. The van der Waals surface area contributed by atoms with Gasteiger partial charge in [-0.3, -0.25) is 9.36 Å². The number of benzene rings is 1. The van der Waals surface area contributed by atoms with Gasteiger partial charge in [0, 0.05) is 36.5 Å². The van der Waals surface area contributed by atoms with E-state index in [-0.39, 0.29) is 22.6 Å². The fraction of sp³-hybridized carbons (Fsp3) is 0.421. The van der Waals surface area contributed by atoms with Crippen LogP contribution in [-0.2, 0) is 16.8 Å². The van der Waals surface area contributed by atoms with E-state index in [0.717, 1.165) is 17.8 Å². The summed E-state index contributed by atoms with van der Waals surface area (Å²) in [4.78, 5) is 26.4. The highest BCUT2D eigenvalue weighted by Crippen LogP contribution is 2.46. The Balaban J connectivity index is 1.77. The number of rotatable bonds is 6. The Morgan fingerprint density at radius 3 is 2.77 bits per heavy atom. The zero-order chi connectivity index (χ0) is 18.9. The van der Waals surface area contributed by atoms with Gasteiger partial charge in [-0.25, -0.2) is 9.89 Å². The first-order valence-corrected chi connectivity index (χ1v) is 9.71. The van der Waals surface area contributed by atoms with Crippen molar-refractivity contribution in [2.45, 2.75) is 44.3 Å². The van der Waals surface area contributed by atoms with E-state index in [1.54, 1.807) is 10.6 Å². The van der Waals surface area contributed by atoms with Crippen LogP contribution in [0.25, 0.3) is 0 Å². The molecule has 138 valence electrons. The van der Waals surface area contributed by atoms with Crippen LogP contribution in [0.1, 0.15) is 32.8 Å². The summed E-state index contributed by atoms with van der Waals surface area (Å²) in [5, 5.41) is 7.03. The second-order valence-corrected chi connectivity index (χ2v) is 7.89. The van der Waals surface area contributed by atoms with Gasteiger partial charge in [0.1, 0.15) is 0 Å². The van der Waals surface area contributed by atoms with Crippen LogP contribution in [0.4, 0.5) is 5.69 Å². The lowest BCUT2D eigenvalue weighted by molar-refractivity contribution is -0.112. The van der Waals surface area contributed by atoms with Gasteiger partial charge in [0.2, 0.25) is 0 Å². The van der Waals surface area contributed by atoms with Gasteiger partial charge < -0.3 is 4.90 Å². The Kier molecular flexibility index (Phi) is 5.09. The fourth-order valence-corrected chi connectivity index (χ4v) is 4.22. The van der Waals surface area contributed by atoms with Crippen molar-refractivity contribution in [2.75, 3.05) is 17.7 Å². The first-order chi connectivity index (χ1) is 12.4. The summed E-state index contributed by atoms with van der Waals surface area (Å²) in [6, 6.07) is 8.22. The number of nitrogens with zero attached hydrogens (tertiary/aromatic N) is 3. The molecule has 1 aromatic heterocycles. The van der Waals surface area contributed by atoms with Crippen LogP contribution in [0.15, 0.2) is 46.0 Å². The van der Waals surface area contributed by atoms with Crippen molar-refractivity contribution >= 4 is 23.2 Å². The number of fused-ring (bicyclic) bond motifs is 1. The largest absolute Gasteiger partial charge is 0.347 e. The smallest absolute Gasteiger partial charge is 0.343 e. The Bertz CT molecular complexity index is 910. The molecule has 2 aromatic rings. The van der Waals surface area contributed by atoms with Crippen LogP contribution >= 0.6 is 11.8 Å². The SMILES string of the molecule is CCCn1c(SCC(=O)C=C2N(C)c3ccccc3C2(C)C)n[nH]c1=O. The molecule has 1 aromatic carbocycles. The quantitative estimate of drug-likeness (QED) is 0.623. The topological polar surface area (TPSA) is 71.0 Å². The first-order valence-electron chi connectivity index (χ1n) is 8.72. The van der Waals surface area contributed by atoms with E-state index >= 15 is 0 Å². The monoisotopic (exact) mass is 372 g/mol. The predicted octanol–water partition coefficient (Wildman–Crippen LogP) is 2.95. The van der Waals surface area contributed by atoms with Crippen LogP contribution < -0.4 is 10.6 Å². The van der Waals surface area contributed by atoms with E-state index in [4.69, 9.17) is 0 Å². The maximum Gasteiger partial charge on any atom is 0.343 e. The van der Waals surface area contributed by atoms with Crippen molar-refractivity contribution < 1.29 is 4.79 Å². The normalized spacial score (nSPS) is 16.9. The van der Waals surface area contributed by atoms with Crippen molar-refractivity contribution in [3.63, 3.8) is 0 Å². The molecule has 0 atom stereocenters. The van der Waals surface area contributed by atoms with E-state index in [9.17, 15) is 9.59 Å². The number of hydrogen-bond donors (Lipinski definition) is 1. The van der Waals surface area contributed by atoms with Crippen molar-refractivity contribution in [3.8, 4) is 0 Å². The number of para-hydroxylation sites is 1. The van der Waals surface area contributed by atoms with E-state index in [1.807, 2.05) is 26.1 Å². The zero-order valence-corrected chi connectivity index (χ0v) is 16.4. The minimum Gasteiger partial charge on any atom is -0.347 e. The zero-order valence-electron chi connectivity index (χ0n) is 15.6. The second-order valence-electron chi connectivity index (χ2n) is 6.95. The van der Waals surface area contributed by atoms with Crippen LogP contribution in [0.2, 0.25) is 0 Å². The van der Waals surface area contributed by atoms with Gasteiger partial charge in [0.25, 0.3) is 0 Å². The van der Waals surface area contributed by atoms with Crippen molar-refractivity contribution in [3.05, 3.63) is 52.1 Å². The molecular weight excluding hydrogens is 348 g/mol. The highest BCUT2D eigenvalue weighted by Gasteiger charge is 2.38. The molecule has 1 aliphatic rings. The molecule has 0 saturated carbocycles. The number of anilines is 1. The van der Waals surface area contributed by atoms with Crippen molar-refractivity contribution in [1.29, 1.82) is 0 Å². The molecule has 2 heterocycles. The third-order valence-electron chi connectivity index (χ3n) is 4.75. The molecule has 26 heavy (non-hydrogen) atoms. The Labute approximate surface area is 157 Å². The standard InChI is InChI=1S/C19H24N4O2S/c1-5-10-23-17(25)20-21-18(23)26-12-13(24)11-16-19(2,3)14-8-6-7-9-15(14)22(16)4/h6-9,11H,5,10,12H2,1-4H3,(H,20,25). The molecule has 1 aliphatic heterocycles. The number of ketones is 1. The molecule has 0 spiro atoms. The lowest BCUT2D eigenvalue weighted by Gasteiger charge is -2.23. The maximum absolute atomic E-state index is 12.6. The average Bonchev–Trinajstić information content (AvgIpc) is 3.05. The lowest BCUT2D eigenvalue weighted by Crippen LogP contribution is -2.24. The summed E-state index contributed by atoms with van der Waals surface area (Å²) >= 11 is 1.29. The molecule has 0 unspecified atom stereocenters. The number of aromatic nitrogens is 3. The molecule has 0 radical (unpaired) electrons. The van der Waals surface area contributed by atoms with Crippen LogP contribution in [0.3, 0.4) is 0 Å². The number of carbonyl (C=O) groups excluding carboxylic acids is 1. The van der Waals surface area contributed by atoms with Crippen molar-refractivity contribution in [2.24, 2.45) is 0 Å². The summed E-state index contributed by atoms with van der Waals surface area (Å²) in [5.41, 5.74) is 2.89. The number of hydrogen-bond acceptors (Lipinski definition) is 5. The number of carbonyl (C=O) groups is 1. The third kappa shape index (κ3) is 3.23. The second kappa shape index (κ2) is 7.15. The van der Waals surface area contributed by atoms with Gasteiger partial charge in [-0.1, -0.05) is 50.7 Å². The number of likely N-dealkylation sites (N-methyl/N-ethyl adjacent to an activating group) is 1. The van der Waals surface area contributed by atoms with Gasteiger partial charge in [-0.2, -0.15) is 0 Å². The number of nitrogens with one attached hydrogen (secondary N) is 1. The number of H-pyrrole nitrogens is 1. The van der Waals surface area contributed by atoms with Crippen molar-refractivity contribution in [1.82, 2.24) is 14.8 Å². The summed E-state index contributed by atoms with van der Waals surface area (Å²) in [5.74, 6) is 0.258. The lowest BCUT2D eigenvalue weighted by atomic mass is 9.83. The number of allylic oxidation sites excluding steroid dienone is 2. The molecule has 0 bridgehead atoms. The van der Waals surface area contributed by atoms with E-state index in [2.05, 4.69) is 41.1 Å². The van der Waals surface area contributed by atoms with Gasteiger partial charge in [-0.05, 0) is 18.1 Å². The van der Waals surface area contributed by atoms with E-state index in [1.165, 1.54) is 17.3 Å². The number of thioether (sulfide) groups is 1. The van der Waals surface area contributed by atoms with Gasteiger partial charge in [0.05, 0.1) is 5.75 Å². The third-order valence-corrected chi connectivity index (χ3v) is 5.75. The van der Waals surface area contributed by atoms with E-state index in [0.29, 0.717) is 11.7 Å². The Hall–Kier alpha value is -2.28. The summed E-state index contributed by atoms with van der Waals surface area (Å²) in [6.45, 7) is 6.86. The first kappa shape index (κ1) is 18.5. The Morgan fingerprint density at radius 2 is 2.08 bits per heavy atom. The minimum atomic E-state index is -0.229. The predicted molar refractivity (Wildman–Crippen MR) is 105 cm³/mol. The summed E-state index contributed by atoms with van der Waals surface area (Å²) in [6.07, 6.45) is 2.56. The van der Waals surface area contributed by atoms with Gasteiger partial charge in [0.15, 0.2) is 10.9 Å². The van der Waals surface area contributed by atoms with Gasteiger partial charge >= 0.3 is 5.69 Å². The van der Waals surface area contributed by atoms with Gasteiger partial charge in [-0.15, -0.1) is 5.10 Å². The fourth-order valence-electron chi connectivity index (χ4n) is 3.42. The molecule has 0 aliphatic carbocycles.